The summed E-state index contributed by atoms with van der Waals surface area (Å²) < 4.78 is 2.33. The Kier molecular flexibility index (Phi) is 14.5. The summed E-state index contributed by atoms with van der Waals surface area (Å²) in [6.45, 7) is 7.16. The van der Waals surface area contributed by atoms with E-state index < -0.39 is 5.69 Å². The molecule has 2 saturated carbocycles. The first-order valence-electron chi connectivity index (χ1n) is 16.5. The van der Waals surface area contributed by atoms with Crippen molar-refractivity contribution in [3.8, 4) is 0 Å². The summed E-state index contributed by atoms with van der Waals surface area (Å²) >= 11 is 5.46. The Morgan fingerprint density at radius 1 is 0.708 bits per heavy atom. The lowest BCUT2D eigenvalue weighted by molar-refractivity contribution is -0.0000105. The number of anilines is 1. The number of nitrogens with one attached hydrogen (secondary N) is 3. The minimum absolute atomic E-state index is 0. The molecule has 2 heterocycles. The molecular weight excluding hydrogens is 651 g/mol. The molecule has 4 aromatic rings. The van der Waals surface area contributed by atoms with E-state index in [0.717, 1.165) is 10.5 Å². The molecule has 260 valence electrons. The average molecular weight is 699 g/mol. The van der Waals surface area contributed by atoms with Crippen molar-refractivity contribution in [2.75, 3.05) is 5.32 Å². The van der Waals surface area contributed by atoms with E-state index in [1.165, 1.54) is 66.4 Å². The monoisotopic (exact) mass is 697 g/mol. The van der Waals surface area contributed by atoms with Crippen LogP contribution in [0.3, 0.4) is 0 Å². The topological polar surface area (TPSA) is 148 Å². The summed E-state index contributed by atoms with van der Waals surface area (Å²) in [7, 11) is 0. The van der Waals surface area contributed by atoms with Crippen molar-refractivity contribution >= 4 is 17.4 Å². The van der Waals surface area contributed by atoms with Crippen LogP contribution in [0.25, 0.3) is 0 Å². The lowest BCUT2D eigenvalue weighted by atomic mass is 9.77. The molecule has 2 aliphatic rings. The number of hydrogen-bond acceptors (Lipinski definition) is 6. The van der Waals surface area contributed by atoms with Crippen molar-refractivity contribution in [3.63, 3.8) is 0 Å². The van der Waals surface area contributed by atoms with Crippen LogP contribution >= 0.6 is 11.6 Å². The molecule has 2 aliphatic carbocycles. The standard InChI is InChI=1S/C18H23N3O2.C11H15N.C7H9ClN2O2.ClH/c1-12(2)21-16(22)11-15(20-18(21)23)19-17(14-9-6-10-14)13-7-4-3-5-8-13;12-11(10-7-4-8-10)9-5-2-1-3-6-9;1-4(2)10-6(11)3-5(8)9-7(10)12;/h3-5,7-8,11-12,14,17,19H,6,9-10H2,1-2H3,(H,20,23);1-3,5-6,10-11H,4,7-8,12H2;3-4H,1-2H3,(H,9,12);1H/p-1/t17-;11-;;/m11../s1. The highest BCUT2D eigenvalue weighted by Crippen LogP contribution is 2.39. The van der Waals surface area contributed by atoms with Gasteiger partial charge in [-0.25, -0.2) is 9.59 Å². The molecule has 2 atom stereocenters. The van der Waals surface area contributed by atoms with Crippen LogP contribution in [0.1, 0.15) is 102 Å². The van der Waals surface area contributed by atoms with Gasteiger partial charge in [0, 0.05) is 30.3 Å². The van der Waals surface area contributed by atoms with E-state index in [4.69, 9.17) is 17.3 Å². The number of benzene rings is 2. The molecule has 0 unspecified atom stereocenters. The summed E-state index contributed by atoms with van der Waals surface area (Å²) in [5, 5.41) is 3.45. The Labute approximate surface area is 292 Å². The van der Waals surface area contributed by atoms with Crippen LogP contribution in [0, 0.1) is 11.8 Å². The highest BCUT2D eigenvalue weighted by atomic mass is 35.5. The third kappa shape index (κ3) is 10.1. The highest BCUT2D eigenvalue weighted by Gasteiger charge is 2.29. The predicted octanol–water partition coefficient (Wildman–Crippen LogP) is 3.33. The fourth-order valence-corrected chi connectivity index (χ4v) is 6.03. The summed E-state index contributed by atoms with van der Waals surface area (Å²) in [5.74, 6) is 1.78. The second kappa shape index (κ2) is 18.1. The highest BCUT2D eigenvalue weighted by molar-refractivity contribution is 6.29. The Balaban J connectivity index is 0.000000212. The third-order valence-corrected chi connectivity index (χ3v) is 9.07. The summed E-state index contributed by atoms with van der Waals surface area (Å²) in [6, 6.07) is 23.4. The average Bonchev–Trinajstić information content (AvgIpc) is 2.95. The molecule has 5 N–H and O–H groups in total. The van der Waals surface area contributed by atoms with E-state index in [1.807, 2.05) is 38.1 Å². The van der Waals surface area contributed by atoms with Gasteiger partial charge in [0.05, 0.1) is 6.04 Å². The molecule has 6 rings (SSSR count). The van der Waals surface area contributed by atoms with Gasteiger partial charge in [-0.3, -0.25) is 28.7 Å². The fourth-order valence-electron chi connectivity index (χ4n) is 5.86. The third-order valence-electron chi connectivity index (χ3n) is 8.86. The van der Waals surface area contributed by atoms with Crippen LogP contribution in [-0.4, -0.2) is 19.1 Å². The lowest BCUT2D eigenvalue weighted by Gasteiger charge is -2.35. The maximum atomic E-state index is 12.2. The smallest absolute Gasteiger partial charge is 0.330 e. The van der Waals surface area contributed by atoms with Gasteiger partial charge >= 0.3 is 11.4 Å². The molecule has 10 nitrogen and oxygen atoms in total. The molecule has 2 fully saturated rings. The number of halogens is 2. The van der Waals surface area contributed by atoms with E-state index in [0.29, 0.717) is 11.7 Å². The molecule has 0 bridgehead atoms. The molecule has 2 aromatic carbocycles. The molecule has 0 spiro atoms. The fraction of sp³-hybridized carbons (Fsp3) is 0.444. The van der Waals surface area contributed by atoms with Crippen LogP contribution in [0.4, 0.5) is 5.82 Å². The van der Waals surface area contributed by atoms with Crippen molar-refractivity contribution in [2.24, 2.45) is 17.6 Å². The molecule has 0 saturated heterocycles. The van der Waals surface area contributed by atoms with Crippen molar-refractivity contribution in [1.29, 1.82) is 0 Å². The van der Waals surface area contributed by atoms with Crippen molar-refractivity contribution in [1.82, 2.24) is 19.1 Å². The summed E-state index contributed by atoms with van der Waals surface area (Å²) in [4.78, 5) is 51.7. The van der Waals surface area contributed by atoms with E-state index in [-0.39, 0.29) is 58.5 Å². The Morgan fingerprint density at radius 3 is 1.58 bits per heavy atom. The lowest BCUT2D eigenvalue weighted by Crippen LogP contribution is -3.00. The van der Waals surface area contributed by atoms with Crippen LogP contribution in [0.5, 0.6) is 0 Å². The quantitative estimate of drug-likeness (QED) is 0.208. The number of nitrogens with zero attached hydrogens (tertiary/aromatic N) is 2. The zero-order valence-corrected chi connectivity index (χ0v) is 29.5. The van der Waals surface area contributed by atoms with Crippen molar-refractivity contribution < 1.29 is 12.4 Å². The van der Waals surface area contributed by atoms with Crippen molar-refractivity contribution in [3.05, 3.63) is 131 Å². The zero-order valence-electron chi connectivity index (χ0n) is 28.0. The van der Waals surface area contributed by atoms with Gasteiger partial charge in [-0.2, -0.15) is 0 Å². The summed E-state index contributed by atoms with van der Waals surface area (Å²) in [6.07, 6.45) is 7.57. The van der Waals surface area contributed by atoms with E-state index in [9.17, 15) is 19.2 Å². The van der Waals surface area contributed by atoms with Gasteiger partial charge in [-0.15, -0.1) is 0 Å². The van der Waals surface area contributed by atoms with Gasteiger partial charge in [0.25, 0.3) is 11.1 Å². The molecular formula is C36H47Cl2N6O4-. The minimum atomic E-state index is -0.470. The van der Waals surface area contributed by atoms with E-state index in [2.05, 4.69) is 51.7 Å². The normalized spacial score (nSPS) is 15.4. The number of aromatic nitrogens is 4. The van der Waals surface area contributed by atoms with Crippen molar-refractivity contribution in [2.45, 2.75) is 90.4 Å². The van der Waals surface area contributed by atoms with Crippen LogP contribution in [-0.2, 0) is 0 Å². The van der Waals surface area contributed by atoms with Gasteiger partial charge < -0.3 is 23.5 Å². The van der Waals surface area contributed by atoms with E-state index >= 15 is 0 Å². The molecule has 0 radical (unpaired) electrons. The second-order valence-electron chi connectivity index (χ2n) is 12.9. The van der Waals surface area contributed by atoms with Gasteiger partial charge in [-0.1, -0.05) is 85.1 Å². The van der Waals surface area contributed by atoms with Crippen LogP contribution < -0.4 is 46.0 Å². The number of hydrogen-bond donors (Lipinski definition) is 4. The molecule has 48 heavy (non-hydrogen) atoms. The van der Waals surface area contributed by atoms with Gasteiger partial charge in [0.1, 0.15) is 11.0 Å². The Hall–Kier alpha value is -3.86. The molecule has 0 aliphatic heterocycles. The molecule has 0 amide bonds. The largest absolute Gasteiger partial charge is 1.00 e. The maximum Gasteiger partial charge on any atom is 0.330 e. The number of rotatable bonds is 8. The van der Waals surface area contributed by atoms with Gasteiger partial charge in [0.2, 0.25) is 0 Å². The first kappa shape index (κ1) is 38.6. The number of aromatic amines is 2. The van der Waals surface area contributed by atoms with Gasteiger partial charge in [-0.05, 0) is 76.3 Å². The van der Waals surface area contributed by atoms with Gasteiger partial charge in [0.15, 0.2) is 0 Å². The maximum absolute atomic E-state index is 12.2. The SMILES string of the molecule is CC(C)n1c(=O)cc(Cl)[nH]c1=O.CC(C)n1c(=O)cc(N[C@H](c2ccccc2)C2CCC2)[nH]c1=O.N[C@H](c1ccccc1)C1CCC1.[Cl-]. The van der Waals surface area contributed by atoms with Crippen LogP contribution in [0.2, 0.25) is 5.15 Å². The molecule has 12 heteroatoms. The van der Waals surface area contributed by atoms with Crippen LogP contribution in [0.15, 0.2) is 92.0 Å². The summed E-state index contributed by atoms with van der Waals surface area (Å²) in [5.41, 5.74) is 7.10. The Morgan fingerprint density at radius 2 is 1.17 bits per heavy atom. The molecule has 2 aromatic heterocycles. The Bertz CT molecular complexity index is 1750. The minimum Gasteiger partial charge on any atom is -1.00 e. The first-order valence-corrected chi connectivity index (χ1v) is 16.8. The number of nitrogens with two attached hydrogens (primary N) is 1. The number of H-pyrrole nitrogens is 2. The van der Waals surface area contributed by atoms with E-state index in [1.54, 1.807) is 13.8 Å². The first-order chi connectivity index (χ1) is 22.5. The predicted molar refractivity (Wildman–Crippen MR) is 189 cm³/mol. The second-order valence-corrected chi connectivity index (χ2v) is 13.3. The zero-order chi connectivity index (χ0) is 34.1.